The van der Waals surface area contributed by atoms with Gasteiger partial charge in [0.2, 0.25) is 0 Å². The van der Waals surface area contributed by atoms with Crippen LogP contribution in [0.5, 0.6) is 0 Å². The second-order valence-corrected chi connectivity index (χ2v) is 3.17. The molecule has 18 heavy (non-hydrogen) atoms. The average Bonchev–Trinajstić information content (AvgIpc) is 2.28. The molecule has 98 valence electrons. The minimum absolute atomic E-state index is 0.0392. The van der Waals surface area contributed by atoms with Crippen LogP contribution in [0, 0.1) is 0 Å². The zero-order chi connectivity index (χ0) is 13.8. The van der Waals surface area contributed by atoms with Gasteiger partial charge in [0, 0.05) is 19.2 Å². The van der Waals surface area contributed by atoms with Gasteiger partial charge in [-0.2, -0.15) is 13.2 Å². The first-order chi connectivity index (χ1) is 8.30. The van der Waals surface area contributed by atoms with Crippen LogP contribution >= 0.6 is 0 Å². The number of halogens is 3. The monoisotopic (exact) mass is 263 g/mol. The number of carbonyl (C=O) groups excluding carboxylic acids is 1. The standard InChI is InChI=1S/C9H8F3N3O3/c10-9(11,12)8(18)14-4-2-6-13-3-1-5(15-6)7(16)17/h1,3H,2,4H2,(H,14,18)(H,16,17). The Hall–Kier alpha value is -2.19. The van der Waals surface area contributed by atoms with Gasteiger partial charge >= 0.3 is 18.1 Å². The van der Waals surface area contributed by atoms with E-state index in [-0.39, 0.29) is 24.5 Å². The van der Waals surface area contributed by atoms with Crippen molar-refractivity contribution in [1.82, 2.24) is 15.3 Å². The molecule has 0 saturated carbocycles. The van der Waals surface area contributed by atoms with E-state index in [0.717, 1.165) is 6.07 Å². The van der Waals surface area contributed by atoms with Gasteiger partial charge in [-0.25, -0.2) is 14.8 Å². The number of hydrogen-bond acceptors (Lipinski definition) is 4. The lowest BCUT2D eigenvalue weighted by atomic mass is 10.3. The zero-order valence-electron chi connectivity index (χ0n) is 8.86. The van der Waals surface area contributed by atoms with E-state index in [9.17, 15) is 22.8 Å². The van der Waals surface area contributed by atoms with Crippen LogP contribution in [-0.2, 0) is 11.2 Å². The van der Waals surface area contributed by atoms with Gasteiger partial charge in [0.05, 0.1) is 0 Å². The molecule has 0 aliphatic heterocycles. The van der Waals surface area contributed by atoms with E-state index in [1.54, 1.807) is 5.32 Å². The summed E-state index contributed by atoms with van der Waals surface area (Å²) in [7, 11) is 0. The van der Waals surface area contributed by atoms with Crippen molar-refractivity contribution in [3.8, 4) is 0 Å². The van der Waals surface area contributed by atoms with Crippen molar-refractivity contribution in [3.05, 3.63) is 23.8 Å². The molecule has 0 spiro atoms. The Morgan fingerprint density at radius 3 is 2.61 bits per heavy atom. The van der Waals surface area contributed by atoms with Crippen LogP contribution in [-0.4, -0.2) is 39.7 Å². The lowest BCUT2D eigenvalue weighted by Crippen LogP contribution is -2.37. The predicted molar refractivity (Wildman–Crippen MR) is 51.8 cm³/mol. The maximum Gasteiger partial charge on any atom is 0.471 e. The smallest absolute Gasteiger partial charge is 0.471 e. The molecular formula is C9H8F3N3O3. The number of amides is 1. The van der Waals surface area contributed by atoms with Gasteiger partial charge < -0.3 is 10.4 Å². The van der Waals surface area contributed by atoms with E-state index in [1.165, 1.54) is 6.20 Å². The Balaban J connectivity index is 2.52. The van der Waals surface area contributed by atoms with Crippen molar-refractivity contribution in [2.24, 2.45) is 0 Å². The number of carboxylic acids is 1. The topological polar surface area (TPSA) is 92.2 Å². The van der Waals surface area contributed by atoms with E-state index in [0.29, 0.717) is 0 Å². The van der Waals surface area contributed by atoms with E-state index in [2.05, 4.69) is 9.97 Å². The third-order valence-electron chi connectivity index (χ3n) is 1.82. The van der Waals surface area contributed by atoms with Crippen molar-refractivity contribution in [1.29, 1.82) is 0 Å². The first-order valence-corrected chi connectivity index (χ1v) is 4.71. The molecule has 0 aromatic carbocycles. The summed E-state index contributed by atoms with van der Waals surface area (Å²) in [6.07, 6.45) is -3.86. The summed E-state index contributed by atoms with van der Waals surface area (Å²) in [5, 5.41) is 10.2. The molecule has 0 aliphatic rings. The summed E-state index contributed by atoms with van der Waals surface area (Å²) < 4.78 is 35.5. The Kier molecular flexibility index (Phi) is 4.18. The maximum absolute atomic E-state index is 11.8. The fourth-order valence-electron chi connectivity index (χ4n) is 1.03. The number of carboxylic acid groups (broad SMARTS) is 1. The molecule has 0 saturated heterocycles. The Labute approximate surface area is 98.9 Å². The average molecular weight is 263 g/mol. The summed E-state index contributed by atoms with van der Waals surface area (Å²) >= 11 is 0. The zero-order valence-corrected chi connectivity index (χ0v) is 8.86. The summed E-state index contributed by atoms with van der Waals surface area (Å²) in [6, 6.07) is 1.15. The normalized spacial score (nSPS) is 11.1. The summed E-state index contributed by atoms with van der Waals surface area (Å²) in [6.45, 7) is -0.332. The molecule has 0 radical (unpaired) electrons. The number of hydrogen-bond donors (Lipinski definition) is 2. The largest absolute Gasteiger partial charge is 0.477 e. The summed E-state index contributed by atoms with van der Waals surface area (Å²) in [4.78, 5) is 28.3. The molecule has 0 fully saturated rings. The van der Waals surface area contributed by atoms with Crippen molar-refractivity contribution in [2.45, 2.75) is 12.6 Å². The fraction of sp³-hybridized carbons (Fsp3) is 0.333. The van der Waals surface area contributed by atoms with Gasteiger partial charge in [0.15, 0.2) is 5.69 Å². The van der Waals surface area contributed by atoms with E-state index in [1.807, 2.05) is 0 Å². The van der Waals surface area contributed by atoms with Crippen LogP contribution in [0.3, 0.4) is 0 Å². The molecule has 1 rings (SSSR count). The minimum atomic E-state index is -4.94. The Bertz CT molecular complexity index is 462. The highest BCUT2D eigenvalue weighted by Crippen LogP contribution is 2.13. The third-order valence-corrected chi connectivity index (χ3v) is 1.82. The lowest BCUT2D eigenvalue weighted by molar-refractivity contribution is -0.173. The van der Waals surface area contributed by atoms with Crippen molar-refractivity contribution >= 4 is 11.9 Å². The molecule has 1 heterocycles. The molecular weight excluding hydrogens is 255 g/mol. The van der Waals surface area contributed by atoms with Gasteiger partial charge in [-0.05, 0) is 6.07 Å². The van der Waals surface area contributed by atoms with Gasteiger partial charge in [-0.3, -0.25) is 4.79 Å². The quantitative estimate of drug-likeness (QED) is 0.820. The highest BCUT2D eigenvalue weighted by Gasteiger charge is 2.38. The molecule has 1 amide bonds. The molecule has 1 aromatic rings. The van der Waals surface area contributed by atoms with Gasteiger partial charge in [0.1, 0.15) is 5.82 Å². The third kappa shape index (κ3) is 4.00. The van der Waals surface area contributed by atoms with Crippen molar-refractivity contribution in [2.75, 3.05) is 6.54 Å². The number of aromatic carboxylic acids is 1. The number of aromatic nitrogens is 2. The molecule has 0 aliphatic carbocycles. The first kappa shape index (κ1) is 13.9. The van der Waals surface area contributed by atoms with Crippen LogP contribution in [0.1, 0.15) is 16.3 Å². The molecule has 0 atom stereocenters. The SMILES string of the molecule is O=C(O)c1ccnc(CCNC(=O)C(F)(F)F)n1. The molecule has 2 N–H and O–H groups in total. The first-order valence-electron chi connectivity index (χ1n) is 4.71. The summed E-state index contributed by atoms with van der Waals surface area (Å²) in [5.74, 6) is -3.28. The van der Waals surface area contributed by atoms with Crippen LogP contribution < -0.4 is 5.32 Å². The number of nitrogens with zero attached hydrogens (tertiary/aromatic N) is 2. The number of rotatable bonds is 4. The van der Waals surface area contributed by atoms with Crippen molar-refractivity contribution in [3.63, 3.8) is 0 Å². The van der Waals surface area contributed by atoms with E-state index in [4.69, 9.17) is 5.11 Å². The number of nitrogens with one attached hydrogen (secondary N) is 1. The van der Waals surface area contributed by atoms with E-state index < -0.39 is 18.1 Å². The number of alkyl halides is 3. The van der Waals surface area contributed by atoms with Crippen LogP contribution in [0.2, 0.25) is 0 Å². The highest BCUT2D eigenvalue weighted by molar-refractivity contribution is 5.85. The van der Waals surface area contributed by atoms with Crippen LogP contribution in [0.15, 0.2) is 12.3 Å². The second-order valence-electron chi connectivity index (χ2n) is 3.17. The fourth-order valence-corrected chi connectivity index (χ4v) is 1.03. The Morgan fingerprint density at radius 1 is 1.39 bits per heavy atom. The molecule has 0 unspecified atom stereocenters. The molecule has 0 bridgehead atoms. The van der Waals surface area contributed by atoms with E-state index >= 15 is 0 Å². The van der Waals surface area contributed by atoms with Gasteiger partial charge in [-0.15, -0.1) is 0 Å². The van der Waals surface area contributed by atoms with Crippen LogP contribution in [0.4, 0.5) is 13.2 Å². The minimum Gasteiger partial charge on any atom is -0.477 e. The number of carbonyl (C=O) groups is 2. The maximum atomic E-state index is 11.8. The summed E-state index contributed by atoms with van der Waals surface area (Å²) in [5.41, 5.74) is -0.262. The molecule has 9 heteroatoms. The highest BCUT2D eigenvalue weighted by atomic mass is 19.4. The predicted octanol–water partition coefficient (Wildman–Crippen LogP) is 0.396. The molecule has 6 nitrogen and oxygen atoms in total. The lowest BCUT2D eigenvalue weighted by Gasteiger charge is -2.07. The van der Waals surface area contributed by atoms with Crippen LogP contribution in [0.25, 0.3) is 0 Å². The van der Waals surface area contributed by atoms with Gasteiger partial charge in [0.25, 0.3) is 0 Å². The molecule has 1 aromatic heterocycles. The van der Waals surface area contributed by atoms with Gasteiger partial charge in [-0.1, -0.05) is 0 Å². The van der Waals surface area contributed by atoms with Crippen molar-refractivity contribution < 1.29 is 27.9 Å². The Morgan fingerprint density at radius 2 is 2.06 bits per heavy atom. The second kappa shape index (κ2) is 5.43.